The molecule has 0 bridgehead atoms. The van der Waals surface area contributed by atoms with Gasteiger partial charge in [-0.05, 0) is 41.8 Å². The minimum Gasteiger partial charge on any atom is -0.495 e. The van der Waals surface area contributed by atoms with E-state index in [4.69, 9.17) is 9.47 Å². The van der Waals surface area contributed by atoms with Crippen LogP contribution in [-0.2, 0) is 11.3 Å². The molecule has 2 aliphatic heterocycles. The summed E-state index contributed by atoms with van der Waals surface area (Å²) in [5.74, 6) is 1.90. The molecule has 0 aliphatic carbocycles. The third-order valence-corrected chi connectivity index (χ3v) is 5.83. The minimum atomic E-state index is 0.233. The van der Waals surface area contributed by atoms with E-state index >= 15 is 0 Å². The van der Waals surface area contributed by atoms with Gasteiger partial charge < -0.3 is 14.4 Å². The van der Waals surface area contributed by atoms with Gasteiger partial charge in [0.1, 0.15) is 5.75 Å². The molecule has 2 atom stereocenters. The number of hydrogen-bond acceptors (Lipinski definition) is 7. The van der Waals surface area contributed by atoms with Crippen molar-refractivity contribution in [2.24, 2.45) is 0 Å². The Kier molecular flexibility index (Phi) is 6.07. The Morgan fingerprint density at radius 3 is 2.75 bits per heavy atom. The van der Waals surface area contributed by atoms with Gasteiger partial charge in [-0.2, -0.15) is 0 Å². The second-order valence-corrected chi connectivity index (χ2v) is 7.47. The van der Waals surface area contributed by atoms with Crippen molar-refractivity contribution in [2.75, 3.05) is 44.8 Å². The van der Waals surface area contributed by atoms with Crippen molar-refractivity contribution in [1.82, 2.24) is 25.1 Å². The van der Waals surface area contributed by atoms with Gasteiger partial charge in [0.05, 0.1) is 31.5 Å². The average molecular weight is 387 g/mol. The van der Waals surface area contributed by atoms with E-state index in [2.05, 4.69) is 44.4 Å². The van der Waals surface area contributed by atoms with Gasteiger partial charge in [-0.1, -0.05) is 19.1 Å². The van der Waals surface area contributed by atoms with Gasteiger partial charge in [0.2, 0.25) is 0 Å². The lowest BCUT2D eigenvalue weighted by Gasteiger charge is -2.39. The maximum Gasteiger partial charge on any atom is 0.168 e. The molecule has 2 aliphatic rings. The summed E-state index contributed by atoms with van der Waals surface area (Å²) in [6.45, 7) is 7.69. The van der Waals surface area contributed by atoms with Crippen molar-refractivity contribution in [3.8, 4) is 5.75 Å². The maximum absolute atomic E-state index is 5.78. The van der Waals surface area contributed by atoms with Gasteiger partial charge in [-0.3, -0.25) is 4.90 Å². The number of anilines is 1. The Morgan fingerprint density at radius 1 is 1.21 bits per heavy atom. The van der Waals surface area contributed by atoms with Crippen LogP contribution in [0.5, 0.6) is 5.75 Å². The topological polar surface area (TPSA) is 68.5 Å². The molecule has 0 saturated carbocycles. The van der Waals surface area contributed by atoms with E-state index in [0.29, 0.717) is 0 Å². The number of methoxy groups -OCH3 is 1. The number of aromatic nitrogens is 4. The van der Waals surface area contributed by atoms with Crippen molar-refractivity contribution in [1.29, 1.82) is 0 Å². The van der Waals surface area contributed by atoms with E-state index in [-0.39, 0.29) is 12.1 Å². The molecule has 3 heterocycles. The number of tetrazole rings is 1. The molecule has 0 spiro atoms. The van der Waals surface area contributed by atoms with E-state index in [9.17, 15) is 0 Å². The molecule has 28 heavy (non-hydrogen) atoms. The Labute approximate surface area is 166 Å². The van der Waals surface area contributed by atoms with Crippen molar-refractivity contribution in [3.05, 3.63) is 30.1 Å². The summed E-state index contributed by atoms with van der Waals surface area (Å²) in [6.07, 6.45) is 3.44. The highest BCUT2D eigenvalue weighted by atomic mass is 16.5. The van der Waals surface area contributed by atoms with Crippen molar-refractivity contribution >= 4 is 5.69 Å². The summed E-state index contributed by atoms with van der Waals surface area (Å²) in [5, 5.41) is 12.6. The van der Waals surface area contributed by atoms with Gasteiger partial charge in [-0.15, -0.1) is 5.10 Å². The predicted octanol–water partition coefficient (Wildman–Crippen LogP) is 2.13. The zero-order valence-electron chi connectivity index (χ0n) is 16.8. The van der Waals surface area contributed by atoms with Crippen LogP contribution in [0.1, 0.15) is 38.1 Å². The van der Waals surface area contributed by atoms with Gasteiger partial charge in [0.15, 0.2) is 5.82 Å². The third kappa shape index (κ3) is 3.98. The second kappa shape index (κ2) is 8.87. The van der Waals surface area contributed by atoms with Gasteiger partial charge >= 0.3 is 0 Å². The highest BCUT2D eigenvalue weighted by Gasteiger charge is 2.29. The van der Waals surface area contributed by atoms with Crippen LogP contribution in [-0.4, -0.2) is 71.1 Å². The summed E-state index contributed by atoms with van der Waals surface area (Å²) in [5.41, 5.74) is 1.17. The number of nitrogens with zero attached hydrogens (tertiary/aromatic N) is 6. The minimum absolute atomic E-state index is 0.233. The lowest BCUT2D eigenvalue weighted by atomic mass is 10.1. The SMILES string of the molecule is CC[C@H](c1nnnn1C[C@@H]1CCCO1)N1CCN(c2ccccc2OC)CC1. The van der Waals surface area contributed by atoms with Crippen LogP contribution in [0.3, 0.4) is 0 Å². The first kappa shape index (κ1) is 19.1. The summed E-state index contributed by atoms with van der Waals surface area (Å²) in [4.78, 5) is 4.90. The zero-order chi connectivity index (χ0) is 19.3. The number of hydrogen-bond donors (Lipinski definition) is 0. The van der Waals surface area contributed by atoms with Crippen molar-refractivity contribution in [3.63, 3.8) is 0 Å². The van der Waals surface area contributed by atoms with Crippen molar-refractivity contribution < 1.29 is 9.47 Å². The molecule has 8 nitrogen and oxygen atoms in total. The average Bonchev–Trinajstić information content (AvgIpc) is 3.42. The van der Waals surface area contributed by atoms with Crippen LogP contribution in [0.4, 0.5) is 5.69 Å². The van der Waals surface area contributed by atoms with Crippen LogP contribution < -0.4 is 9.64 Å². The molecule has 152 valence electrons. The molecular formula is C20H30N6O2. The fourth-order valence-electron chi connectivity index (χ4n) is 4.33. The predicted molar refractivity (Wildman–Crippen MR) is 107 cm³/mol. The molecule has 0 amide bonds. The Balaban J connectivity index is 1.42. The number of benzene rings is 1. The monoisotopic (exact) mass is 386 g/mol. The highest BCUT2D eigenvalue weighted by Crippen LogP contribution is 2.30. The molecule has 2 saturated heterocycles. The highest BCUT2D eigenvalue weighted by molar-refractivity contribution is 5.58. The molecule has 0 N–H and O–H groups in total. The smallest absolute Gasteiger partial charge is 0.168 e. The first-order chi connectivity index (χ1) is 13.8. The molecule has 0 radical (unpaired) electrons. The van der Waals surface area contributed by atoms with Crippen LogP contribution >= 0.6 is 0 Å². The molecule has 1 aromatic carbocycles. The second-order valence-electron chi connectivity index (χ2n) is 7.47. The van der Waals surface area contributed by atoms with E-state index < -0.39 is 0 Å². The van der Waals surface area contributed by atoms with E-state index in [1.54, 1.807) is 7.11 Å². The number of para-hydroxylation sites is 2. The quantitative estimate of drug-likeness (QED) is 0.722. The summed E-state index contributed by atoms with van der Waals surface area (Å²) >= 11 is 0. The van der Waals surface area contributed by atoms with Crippen LogP contribution in [0.2, 0.25) is 0 Å². The lowest BCUT2D eigenvalue weighted by molar-refractivity contribution is 0.0894. The van der Waals surface area contributed by atoms with Gasteiger partial charge in [0, 0.05) is 32.8 Å². The molecule has 1 aromatic heterocycles. The van der Waals surface area contributed by atoms with E-state index in [0.717, 1.165) is 70.2 Å². The van der Waals surface area contributed by atoms with Crippen LogP contribution in [0, 0.1) is 0 Å². The molecule has 0 unspecified atom stereocenters. The normalized spacial score (nSPS) is 21.8. The fourth-order valence-corrected chi connectivity index (χ4v) is 4.33. The van der Waals surface area contributed by atoms with E-state index in [1.807, 2.05) is 16.8 Å². The summed E-state index contributed by atoms with van der Waals surface area (Å²) < 4.78 is 13.3. The summed E-state index contributed by atoms with van der Waals surface area (Å²) in [7, 11) is 1.73. The Bertz CT molecular complexity index is 753. The lowest BCUT2D eigenvalue weighted by Crippen LogP contribution is -2.48. The first-order valence-electron chi connectivity index (χ1n) is 10.3. The largest absolute Gasteiger partial charge is 0.495 e. The van der Waals surface area contributed by atoms with E-state index in [1.165, 1.54) is 5.69 Å². The maximum atomic E-state index is 5.78. The number of rotatable bonds is 7. The first-order valence-corrected chi connectivity index (χ1v) is 10.3. The van der Waals surface area contributed by atoms with Gasteiger partial charge in [0.25, 0.3) is 0 Å². The zero-order valence-corrected chi connectivity index (χ0v) is 16.8. The summed E-state index contributed by atoms with van der Waals surface area (Å²) in [6, 6.07) is 8.47. The number of piperazine rings is 1. The third-order valence-electron chi connectivity index (χ3n) is 5.83. The van der Waals surface area contributed by atoms with Crippen LogP contribution in [0.15, 0.2) is 24.3 Å². The molecule has 4 rings (SSSR count). The molecule has 2 aromatic rings. The fraction of sp³-hybridized carbons (Fsp3) is 0.650. The van der Waals surface area contributed by atoms with Crippen molar-refractivity contribution in [2.45, 2.75) is 44.9 Å². The van der Waals surface area contributed by atoms with Crippen LogP contribution in [0.25, 0.3) is 0 Å². The molecule has 2 fully saturated rings. The Hall–Kier alpha value is -2.19. The van der Waals surface area contributed by atoms with Gasteiger partial charge in [-0.25, -0.2) is 4.68 Å². The molecule has 8 heteroatoms. The molecular weight excluding hydrogens is 356 g/mol. The standard InChI is InChI=1S/C20H30N6O2/c1-3-17(20-21-22-23-26(20)15-16-7-6-14-28-16)24-10-12-25(13-11-24)18-8-4-5-9-19(18)27-2/h4-5,8-9,16-17H,3,6-7,10-15H2,1-2H3/t16-,17+/m0/s1. The number of ether oxygens (including phenoxy) is 2. The Morgan fingerprint density at radius 2 is 2.04 bits per heavy atom.